The van der Waals surface area contributed by atoms with Gasteiger partial charge in [-0.15, -0.1) is 0 Å². The molecule has 0 saturated heterocycles. The molecule has 98 valence electrons. The van der Waals surface area contributed by atoms with Crippen LogP contribution in [0, 0.1) is 6.92 Å². The molecule has 0 bridgehead atoms. The molecule has 0 unspecified atom stereocenters. The third kappa shape index (κ3) is 2.44. The summed E-state index contributed by atoms with van der Waals surface area (Å²) < 4.78 is 1.80. The van der Waals surface area contributed by atoms with Gasteiger partial charge in [-0.05, 0) is 31.0 Å². The number of hydrogen-bond donors (Lipinski definition) is 1. The molecule has 4 nitrogen and oxygen atoms in total. The first-order valence-corrected chi connectivity index (χ1v) is 6.62. The van der Waals surface area contributed by atoms with E-state index >= 15 is 0 Å². The number of nitrogens with zero attached hydrogens (tertiary/aromatic N) is 3. The van der Waals surface area contributed by atoms with Crippen molar-refractivity contribution in [2.24, 2.45) is 7.05 Å². The molecule has 2 heterocycles. The Hall–Kier alpha value is -1.94. The molecule has 0 spiro atoms. The van der Waals surface area contributed by atoms with E-state index in [-0.39, 0.29) is 0 Å². The Morgan fingerprint density at radius 1 is 1.16 bits per heavy atom. The van der Waals surface area contributed by atoms with Crippen LogP contribution in [0.25, 0.3) is 17.0 Å². The normalized spacial score (nSPS) is 15.4. The molecule has 0 saturated carbocycles. The Morgan fingerprint density at radius 2 is 1.89 bits per heavy atom. The van der Waals surface area contributed by atoms with E-state index in [9.17, 15) is 0 Å². The number of nitrogens with one attached hydrogen (secondary N) is 1. The summed E-state index contributed by atoms with van der Waals surface area (Å²) >= 11 is 0. The molecule has 19 heavy (non-hydrogen) atoms. The smallest absolute Gasteiger partial charge is 0.181 e. The predicted octanol–water partition coefficient (Wildman–Crippen LogP) is 2.17. The highest BCUT2D eigenvalue weighted by Crippen LogP contribution is 2.23. The first kappa shape index (κ1) is 12.1. The van der Waals surface area contributed by atoms with Gasteiger partial charge in [0.1, 0.15) is 5.82 Å². The molecule has 0 amide bonds. The van der Waals surface area contributed by atoms with Crippen molar-refractivity contribution in [3.63, 3.8) is 0 Å². The van der Waals surface area contributed by atoms with Crippen LogP contribution in [0.5, 0.6) is 0 Å². The minimum Gasteiger partial charge on any atom is -0.313 e. The average molecular weight is 254 g/mol. The molecule has 0 fully saturated rings. The summed E-state index contributed by atoms with van der Waals surface area (Å²) in [6.45, 7) is 4.00. The van der Waals surface area contributed by atoms with Gasteiger partial charge >= 0.3 is 0 Å². The van der Waals surface area contributed by atoms with Crippen LogP contribution in [0.1, 0.15) is 17.8 Å². The number of hydrogen-bond acceptors (Lipinski definition) is 3. The van der Waals surface area contributed by atoms with Crippen LogP contribution in [0.2, 0.25) is 0 Å². The molecule has 0 atom stereocenters. The summed E-state index contributed by atoms with van der Waals surface area (Å²) in [4.78, 5) is 4.45. The zero-order valence-corrected chi connectivity index (χ0v) is 11.3. The predicted molar refractivity (Wildman–Crippen MR) is 76.6 cm³/mol. The van der Waals surface area contributed by atoms with Crippen molar-refractivity contribution < 1.29 is 0 Å². The lowest BCUT2D eigenvalue weighted by molar-refractivity contribution is 0.736. The van der Waals surface area contributed by atoms with Crippen molar-refractivity contribution in [2.75, 3.05) is 13.1 Å². The molecule has 1 aromatic heterocycles. The highest BCUT2D eigenvalue weighted by Gasteiger charge is 2.08. The van der Waals surface area contributed by atoms with Crippen LogP contribution in [0.15, 0.2) is 30.3 Å². The van der Waals surface area contributed by atoms with Crippen LogP contribution in [-0.4, -0.2) is 27.9 Å². The lowest BCUT2D eigenvalue weighted by Crippen LogP contribution is -2.19. The molecule has 0 radical (unpaired) electrons. The molecule has 1 N–H and O–H groups in total. The minimum atomic E-state index is 0.797. The Kier molecular flexibility index (Phi) is 3.17. The average Bonchev–Trinajstić information content (AvgIpc) is 2.80. The quantitative estimate of drug-likeness (QED) is 0.893. The van der Waals surface area contributed by atoms with Gasteiger partial charge < -0.3 is 5.32 Å². The van der Waals surface area contributed by atoms with Crippen LogP contribution >= 0.6 is 0 Å². The summed E-state index contributed by atoms with van der Waals surface area (Å²) in [5, 5.41) is 7.74. The van der Waals surface area contributed by atoms with Crippen molar-refractivity contribution in [2.45, 2.75) is 13.3 Å². The summed E-state index contributed by atoms with van der Waals surface area (Å²) in [5.74, 6) is 1.73. The summed E-state index contributed by atoms with van der Waals surface area (Å²) in [6.07, 6.45) is 3.36. The zero-order chi connectivity index (χ0) is 13.2. The minimum absolute atomic E-state index is 0.797. The van der Waals surface area contributed by atoms with Gasteiger partial charge in [0, 0.05) is 19.2 Å². The van der Waals surface area contributed by atoms with Gasteiger partial charge in [-0.2, -0.15) is 5.10 Å². The van der Waals surface area contributed by atoms with Gasteiger partial charge in [0.2, 0.25) is 0 Å². The van der Waals surface area contributed by atoms with Gasteiger partial charge in [0.05, 0.1) is 0 Å². The topological polar surface area (TPSA) is 42.7 Å². The van der Waals surface area contributed by atoms with Crippen LogP contribution < -0.4 is 5.32 Å². The molecule has 4 heteroatoms. The number of rotatable bonds is 2. The second-order valence-electron chi connectivity index (χ2n) is 4.87. The van der Waals surface area contributed by atoms with E-state index in [0.717, 1.165) is 36.7 Å². The lowest BCUT2D eigenvalue weighted by atomic mass is 9.99. The van der Waals surface area contributed by atoms with Gasteiger partial charge in [0.25, 0.3) is 0 Å². The van der Waals surface area contributed by atoms with E-state index < -0.39 is 0 Å². The van der Waals surface area contributed by atoms with E-state index in [1.165, 1.54) is 11.1 Å². The largest absolute Gasteiger partial charge is 0.313 e. The maximum absolute atomic E-state index is 4.45. The Balaban J connectivity index is 1.88. The molecule has 1 aromatic carbocycles. The Labute approximate surface area is 113 Å². The van der Waals surface area contributed by atoms with E-state index in [2.05, 4.69) is 45.7 Å². The molecule has 1 aliphatic heterocycles. The van der Waals surface area contributed by atoms with Crippen molar-refractivity contribution in [3.8, 4) is 11.4 Å². The SMILES string of the molecule is Cc1nc(-c2ccc(C3=CCNCC3)cc2)nn1C. The third-order valence-corrected chi connectivity index (χ3v) is 3.56. The van der Waals surface area contributed by atoms with Crippen LogP contribution in [0.3, 0.4) is 0 Å². The second kappa shape index (κ2) is 4.97. The second-order valence-corrected chi connectivity index (χ2v) is 4.87. The molecule has 1 aliphatic rings. The highest BCUT2D eigenvalue weighted by molar-refractivity contribution is 5.69. The van der Waals surface area contributed by atoms with E-state index in [1.807, 2.05) is 14.0 Å². The van der Waals surface area contributed by atoms with Crippen LogP contribution in [-0.2, 0) is 7.05 Å². The standard InChI is InChI=1S/C15H18N4/c1-11-17-15(18-19(11)2)14-5-3-12(4-6-14)13-7-9-16-10-8-13/h3-7,16H,8-10H2,1-2H3. The Bertz CT molecular complexity index is 588. The van der Waals surface area contributed by atoms with Crippen molar-refractivity contribution in [1.82, 2.24) is 20.1 Å². The summed E-state index contributed by atoms with van der Waals surface area (Å²) in [5.41, 5.74) is 3.80. The fourth-order valence-electron chi connectivity index (χ4n) is 2.30. The highest BCUT2D eigenvalue weighted by atomic mass is 15.3. The Morgan fingerprint density at radius 3 is 2.47 bits per heavy atom. The first-order valence-electron chi connectivity index (χ1n) is 6.62. The maximum atomic E-state index is 4.45. The van der Waals surface area contributed by atoms with Crippen molar-refractivity contribution in [1.29, 1.82) is 0 Å². The fourth-order valence-corrected chi connectivity index (χ4v) is 2.30. The van der Waals surface area contributed by atoms with E-state index in [4.69, 9.17) is 0 Å². The van der Waals surface area contributed by atoms with Crippen LogP contribution in [0.4, 0.5) is 0 Å². The van der Waals surface area contributed by atoms with Crippen molar-refractivity contribution in [3.05, 3.63) is 41.7 Å². The molecular formula is C15H18N4. The van der Waals surface area contributed by atoms with Gasteiger partial charge in [0.15, 0.2) is 5.82 Å². The summed E-state index contributed by atoms with van der Waals surface area (Å²) in [6, 6.07) is 8.54. The monoisotopic (exact) mass is 254 g/mol. The zero-order valence-electron chi connectivity index (χ0n) is 11.3. The lowest BCUT2D eigenvalue weighted by Gasteiger charge is -2.14. The van der Waals surface area contributed by atoms with E-state index in [1.54, 1.807) is 4.68 Å². The number of benzene rings is 1. The van der Waals surface area contributed by atoms with Gasteiger partial charge in [-0.25, -0.2) is 4.98 Å². The first-order chi connectivity index (χ1) is 9.24. The number of aromatic nitrogens is 3. The van der Waals surface area contributed by atoms with Gasteiger partial charge in [-0.3, -0.25) is 4.68 Å². The number of aryl methyl sites for hydroxylation is 2. The van der Waals surface area contributed by atoms with Gasteiger partial charge in [-0.1, -0.05) is 30.3 Å². The van der Waals surface area contributed by atoms with E-state index in [0.29, 0.717) is 0 Å². The third-order valence-electron chi connectivity index (χ3n) is 3.56. The fraction of sp³-hybridized carbons (Fsp3) is 0.333. The molecule has 2 aromatic rings. The molecular weight excluding hydrogens is 236 g/mol. The molecule has 3 rings (SSSR count). The molecule has 0 aliphatic carbocycles. The van der Waals surface area contributed by atoms with Crippen molar-refractivity contribution >= 4 is 5.57 Å². The maximum Gasteiger partial charge on any atom is 0.181 e. The summed E-state index contributed by atoms with van der Waals surface area (Å²) in [7, 11) is 1.92.